The molecule has 2 aromatic rings. The molecular weight excluding hydrogens is 411 g/mol. The van der Waals surface area contributed by atoms with E-state index in [2.05, 4.69) is 0 Å². The van der Waals surface area contributed by atoms with Crippen LogP contribution in [0.1, 0.15) is 43.7 Å². The monoisotopic (exact) mass is 433 g/mol. The zero-order chi connectivity index (χ0) is 22.4. The molecule has 2 rings (SSSR count). The minimum absolute atomic E-state index is 0.0594. The van der Waals surface area contributed by atoms with Crippen molar-refractivity contribution in [2.45, 2.75) is 38.7 Å². The molecule has 5 nitrogen and oxygen atoms in total. The molecule has 0 spiro atoms. The third-order valence-corrected chi connectivity index (χ3v) is 4.81. The highest BCUT2D eigenvalue weighted by Gasteiger charge is 2.20. The van der Waals surface area contributed by atoms with Gasteiger partial charge in [-0.15, -0.1) is 0 Å². The minimum Gasteiger partial charge on any atom is -0.550 e. The summed E-state index contributed by atoms with van der Waals surface area (Å²) < 4.78 is 19.0. The summed E-state index contributed by atoms with van der Waals surface area (Å²) in [6, 6.07) is 7.62. The summed E-state index contributed by atoms with van der Waals surface area (Å²) in [6.07, 6.45) is 0.772. The number of ketones is 1. The quantitative estimate of drug-likeness (QED) is 0.608. The first-order valence-electron chi connectivity index (χ1n) is 9.38. The van der Waals surface area contributed by atoms with Gasteiger partial charge in [0.05, 0.1) is 18.2 Å². The van der Waals surface area contributed by atoms with Crippen molar-refractivity contribution in [1.29, 1.82) is 0 Å². The summed E-state index contributed by atoms with van der Waals surface area (Å²) in [5, 5.41) is 21.1. The van der Waals surface area contributed by atoms with E-state index in [0.29, 0.717) is 27.5 Å². The molecule has 0 saturated heterocycles. The van der Waals surface area contributed by atoms with Crippen LogP contribution in [0.25, 0.3) is 17.2 Å². The van der Waals surface area contributed by atoms with E-state index in [1.54, 1.807) is 24.3 Å². The Labute approximate surface area is 179 Å². The number of hydrogen-bond acceptors (Lipinski definition) is 5. The molecule has 0 aliphatic carbocycles. The van der Waals surface area contributed by atoms with Crippen LogP contribution in [0, 0.1) is 5.82 Å². The molecule has 2 aromatic carbocycles. The Hall–Kier alpha value is -2.70. The summed E-state index contributed by atoms with van der Waals surface area (Å²) >= 11 is 6.43. The van der Waals surface area contributed by atoms with Gasteiger partial charge in [0.2, 0.25) is 0 Å². The number of carboxylic acid groups (broad SMARTS) is 1. The van der Waals surface area contributed by atoms with Gasteiger partial charge in [-0.05, 0) is 40.8 Å². The van der Waals surface area contributed by atoms with E-state index in [4.69, 9.17) is 16.3 Å². The highest BCUT2D eigenvalue weighted by Crippen LogP contribution is 2.43. The van der Waals surface area contributed by atoms with E-state index in [0.717, 1.165) is 5.56 Å². The molecule has 0 aliphatic rings. The van der Waals surface area contributed by atoms with Gasteiger partial charge in [-0.1, -0.05) is 49.7 Å². The van der Waals surface area contributed by atoms with Crippen LogP contribution in [0.2, 0.25) is 5.02 Å². The number of halogens is 2. The van der Waals surface area contributed by atoms with Gasteiger partial charge in [-0.25, -0.2) is 4.39 Å². The van der Waals surface area contributed by atoms with Crippen LogP contribution in [0.15, 0.2) is 36.4 Å². The summed E-state index contributed by atoms with van der Waals surface area (Å²) in [5.41, 5.74) is 2.85. The molecule has 0 fully saturated rings. The predicted octanol–water partition coefficient (Wildman–Crippen LogP) is 3.75. The molecule has 0 saturated carbocycles. The van der Waals surface area contributed by atoms with Crippen LogP contribution in [0.5, 0.6) is 5.75 Å². The maximum Gasteiger partial charge on any atom is 0.145 e. The fourth-order valence-electron chi connectivity index (χ4n) is 3.17. The number of rotatable bonds is 9. The van der Waals surface area contributed by atoms with Crippen molar-refractivity contribution in [3.8, 4) is 16.9 Å². The molecular formula is C23H23ClFO5-. The first-order chi connectivity index (χ1) is 14.1. The standard InChI is InChI=1S/C23H24ClFO5/c1-13(2)19-12-20(24)23(30-3)22(14-4-6-15(25)7-5-14)18(19)9-8-16(26)10-17(27)11-21(28)29/h4-9,12-13,16,26H,10-11H2,1-3H3,(H,28,29)/p-1/b9-8+. The fourth-order valence-corrected chi connectivity index (χ4v) is 3.46. The van der Waals surface area contributed by atoms with Crippen molar-refractivity contribution in [3.05, 3.63) is 58.4 Å². The van der Waals surface area contributed by atoms with Gasteiger partial charge in [0, 0.05) is 24.4 Å². The number of Topliss-reactive ketones (excluding diaryl/α,β-unsaturated/α-hetero) is 1. The van der Waals surface area contributed by atoms with Gasteiger partial charge in [-0.3, -0.25) is 4.79 Å². The Balaban J connectivity index is 2.56. The molecule has 1 atom stereocenters. The zero-order valence-electron chi connectivity index (χ0n) is 16.9. The summed E-state index contributed by atoms with van der Waals surface area (Å²) in [6.45, 7) is 3.95. The third-order valence-electron chi connectivity index (χ3n) is 4.53. The van der Waals surface area contributed by atoms with Crippen LogP contribution < -0.4 is 9.84 Å². The van der Waals surface area contributed by atoms with Crippen LogP contribution in [0.3, 0.4) is 0 Å². The maximum atomic E-state index is 13.5. The number of aliphatic hydroxyl groups excluding tert-OH is 1. The number of hydrogen-bond donors (Lipinski definition) is 1. The number of methoxy groups -OCH3 is 1. The smallest absolute Gasteiger partial charge is 0.145 e. The Morgan fingerprint density at radius 3 is 2.43 bits per heavy atom. The first kappa shape index (κ1) is 23.6. The number of carboxylic acids is 1. The van der Waals surface area contributed by atoms with E-state index in [1.165, 1.54) is 25.3 Å². The zero-order valence-corrected chi connectivity index (χ0v) is 17.7. The summed E-state index contributed by atoms with van der Waals surface area (Å²) in [5.74, 6) is -2.05. The van der Waals surface area contributed by atoms with Crippen LogP contribution >= 0.6 is 11.6 Å². The Morgan fingerprint density at radius 2 is 1.90 bits per heavy atom. The van der Waals surface area contributed by atoms with Gasteiger partial charge in [0.25, 0.3) is 0 Å². The second-order valence-electron chi connectivity index (χ2n) is 7.15. The van der Waals surface area contributed by atoms with Gasteiger partial charge in [-0.2, -0.15) is 0 Å². The van der Waals surface area contributed by atoms with Crippen LogP contribution in [-0.2, 0) is 9.59 Å². The number of ether oxygens (including phenoxy) is 1. The predicted molar refractivity (Wildman–Crippen MR) is 112 cm³/mol. The second kappa shape index (κ2) is 10.4. The fraction of sp³-hybridized carbons (Fsp3) is 0.304. The van der Waals surface area contributed by atoms with Crippen molar-refractivity contribution >= 4 is 29.4 Å². The number of carbonyl (C=O) groups excluding carboxylic acids is 2. The molecule has 0 bridgehead atoms. The van der Waals surface area contributed by atoms with Gasteiger partial charge in [0.15, 0.2) is 0 Å². The summed E-state index contributed by atoms with van der Waals surface area (Å²) in [7, 11) is 1.48. The van der Waals surface area contributed by atoms with Crippen molar-refractivity contribution in [2.24, 2.45) is 0 Å². The van der Waals surface area contributed by atoms with Crippen molar-refractivity contribution in [2.75, 3.05) is 7.11 Å². The highest BCUT2D eigenvalue weighted by molar-refractivity contribution is 6.32. The van der Waals surface area contributed by atoms with Crippen LogP contribution in [0.4, 0.5) is 4.39 Å². The van der Waals surface area contributed by atoms with Gasteiger partial charge < -0.3 is 19.7 Å². The second-order valence-corrected chi connectivity index (χ2v) is 7.56. The Morgan fingerprint density at radius 1 is 1.27 bits per heavy atom. The van der Waals surface area contributed by atoms with Crippen molar-refractivity contribution in [3.63, 3.8) is 0 Å². The lowest BCUT2D eigenvalue weighted by molar-refractivity contribution is -0.304. The number of carbonyl (C=O) groups is 2. The summed E-state index contributed by atoms with van der Waals surface area (Å²) in [4.78, 5) is 22.2. The SMILES string of the molecule is COc1c(Cl)cc(C(C)C)c(/C=C/C(O)CC(=O)CC(=O)[O-])c1-c1ccc(F)cc1. The normalized spacial score (nSPS) is 12.4. The maximum absolute atomic E-state index is 13.5. The minimum atomic E-state index is -1.49. The molecule has 1 unspecified atom stereocenters. The Bertz CT molecular complexity index is 951. The molecule has 30 heavy (non-hydrogen) atoms. The molecule has 0 aliphatic heterocycles. The number of benzene rings is 2. The average Bonchev–Trinajstić information content (AvgIpc) is 2.66. The number of aliphatic hydroxyl groups is 1. The first-order valence-corrected chi connectivity index (χ1v) is 9.76. The lowest BCUT2D eigenvalue weighted by atomic mass is 9.88. The topological polar surface area (TPSA) is 86.7 Å². The van der Waals surface area contributed by atoms with E-state index in [9.17, 15) is 24.2 Å². The molecule has 0 radical (unpaired) electrons. The molecule has 7 heteroatoms. The number of aliphatic carboxylic acids is 1. The van der Waals surface area contributed by atoms with Crippen molar-refractivity contribution in [1.82, 2.24) is 0 Å². The largest absolute Gasteiger partial charge is 0.550 e. The van der Waals surface area contributed by atoms with E-state index >= 15 is 0 Å². The average molecular weight is 434 g/mol. The molecule has 0 heterocycles. The van der Waals surface area contributed by atoms with Crippen molar-refractivity contribution < 1.29 is 28.9 Å². The molecule has 0 amide bonds. The van der Waals surface area contributed by atoms with Gasteiger partial charge in [0.1, 0.15) is 17.3 Å². The molecule has 1 N–H and O–H groups in total. The lowest BCUT2D eigenvalue weighted by Gasteiger charge is -2.20. The molecule has 160 valence electrons. The van der Waals surface area contributed by atoms with Crippen LogP contribution in [-0.4, -0.2) is 30.1 Å². The van der Waals surface area contributed by atoms with E-state index in [-0.39, 0.29) is 18.2 Å². The van der Waals surface area contributed by atoms with E-state index < -0.39 is 24.3 Å². The third kappa shape index (κ3) is 5.90. The molecule has 0 aromatic heterocycles. The highest BCUT2D eigenvalue weighted by atomic mass is 35.5. The Kier molecular flexibility index (Phi) is 8.15. The van der Waals surface area contributed by atoms with Gasteiger partial charge >= 0.3 is 0 Å². The lowest BCUT2D eigenvalue weighted by Crippen LogP contribution is -2.26. The van der Waals surface area contributed by atoms with E-state index in [1.807, 2.05) is 13.8 Å².